The number of nitrogens with zero attached hydrogens (tertiary/aromatic N) is 1. The monoisotopic (exact) mass is 193 g/mol. The molecule has 0 amide bonds. The molecule has 0 aliphatic heterocycles. The lowest BCUT2D eigenvalue weighted by molar-refractivity contribution is 0.236. The van der Waals surface area contributed by atoms with Crippen LogP contribution >= 0.6 is 0 Å². The molecule has 0 spiro atoms. The third kappa shape index (κ3) is 1.33. The van der Waals surface area contributed by atoms with Crippen LogP contribution in [0.4, 0.5) is 0 Å². The van der Waals surface area contributed by atoms with Crippen LogP contribution in [0.3, 0.4) is 0 Å². The highest BCUT2D eigenvalue weighted by molar-refractivity contribution is 5.80. The Bertz CT molecular complexity index is 436. The van der Waals surface area contributed by atoms with Crippen molar-refractivity contribution in [3.8, 4) is 5.75 Å². The van der Waals surface area contributed by atoms with Crippen molar-refractivity contribution in [2.24, 2.45) is 0 Å². The van der Waals surface area contributed by atoms with Crippen LogP contribution in [0.2, 0.25) is 0 Å². The molecule has 2 aromatic heterocycles. The molecule has 0 aliphatic carbocycles. The summed E-state index contributed by atoms with van der Waals surface area (Å²) in [5.74, 6) is 0.978. The molecule has 0 bridgehead atoms. The van der Waals surface area contributed by atoms with E-state index in [4.69, 9.17) is 14.3 Å². The van der Waals surface area contributed by atoms with E-state index in [1.54, 1.807) is 18.3 Å². The topological polar surface area (TPSA) is 55.5 Å². The highest BCUT2D eigenvalue weighted by Gasteiger charge is 2.14. The molecule has 1 N–H and O–H groups in total. The van der Waals surface area contributed by atoms with Gasteiger partial charge in [-0.25, -0.2) is 4.98 Å². The van der Waals surface area contributed by atoms with Crippen molar-refractivity contribution in [1.29, 1.82) is 0 Å². The van der Waals surface area contributed by atoms with Crippen LogP contribution in [0.25, 0.3) is 11.1 Å². The molecule has 4 nitrogen and oxygen atoms in total. The first kappa shape index (κ1) is 9.02. The van der Waals surface area contributed by atoms with Crippen LogP contribution in [0.15, 0.2) is 22.7 Å². The first-order chi connectivity index (χ1) is 6.86. The Hall–Kier alpha value is -1.55. The SMILES string of the molecule is CCOc1c(CO)oc2cccnc12. The van der Waals surface area contributed by atoms with E-state index < -0.39 is 0 Å². The molecule has 0 fully saturated rings. The van der Waals surface area contributed by atoms with Gasteiger partial charge in [-0.15, -0.1) is 0 Å². The van der Waals surface area contributed by atoms with Crippen molar-refractivity contribution in [3.05, 3.63) is 24.1 Å². The largest absolute Gasteiger partial charge is 0.488 e. The molecule has 0 saturated carbocycles. The normalized spacial score (nSPS) is 10.7. The highest BCUT2D eigenvalue weighted by atomic mass is 16.5. The van der Waals surface area contributed by atoms with Gasteiger partial charge in [-0.1, -0.05) is 0 Å². The van der Waals surface area contributed by atoms with Crippen LogP contribution in [-0.4, -0.2) is 16.7 Å². The summed E-state index contributed by atoms with van der Waals surface area (Å²) in [7, 11) is 0. The van der Waals surface area contributed by atoms with E-state index in [2.05, 4.69) is 4.98 Å². The lowest BCUT2D eigenvalue weighted by Crippen LogP contribution is -1.94. The van der Waals surface area contributed by atoms with Crippen molar-refractivity contribution in [1.82, 2.24) is 4.98 Å². The zero-order chi connectivity index (χ0) is 9.97. The number of aromatic nitrogens is 1. The first-order valence-electron chi connectivity index (χ1n) is 4.47. The fraction of sp³-hybridized carbons (Fsp3) is 0.300. The maximum atomic E-state index is 9.04. The minimum Gasteiger partial charge on any atom is -0.488 e. The number of pyridine rings is 1. The van der Waals surface area contributed by atoms with Crippen molar-refractivity contribution >= 4 is 11.1 Å². The van der Waals surface area contributed by atoms with Gasteiger partial charge in [-0.3, -0.25) is 0 Å². The van der Waals surface area contributed by atoms with Crippen molar-refractivity contribution in [3.63, 3.8) is 0 Å². The van der Waals surface area contributed by atoms with E-state index >= 15 is 0 Å². The molecule has 0 atom stereocenters. The number of ether oxygens (including phenoxy) is 1. The Balaban J connectivity index is 2.61. The Kier molecular flexibility index (Phi) is 2.37. The van der Waals surface area contributed by atoms with Gasteiger partial charge in [-0.2, -0.15) is 0 Å². The minimum absolute atomic E-state index is 0.175. The van der Waals surface area contributed by atoms with Crippen molar-refractivity contribution in [2.75, 3.05) is 6.61 Å². The van der Waals surface area contributed by atoms with Crippen LogP contribution < -0.4 is 4.74 Å². The quantitative estimate of drug-likeness (QED) is 0.806. The van der Waals surface area contributed by atoms with Crippen molar-refractivity contribution < 1.29 is 14.3 Å². The highest BCUT2D eigenvalue weighted by Crippen LogP contribution is 2.31. The first-order valence-corrected chi connectivity index (χ1v) is 4.47. The van der Waals surface area contributed by atoms with Gasteiger partial charge in [0.1, 0.15) is 6.61 Å². The fourth-order valence-corrected chi connectivity index (χ4v) is 1.35. The summed E-state index contributed by atoms with van der Waals surface area (Å²) in [6, 6.07) is 3.58. The van der Waals surface area contributed by atoms with Gasteiger partial charge in [0.2, 0.25) is 0 Å². The Morgan fingerprint density at radius 2 is 2.43 bits per heavy atom. The molecule has 14 heavy (non-hydrogen) atoms. The number of aliphatic hydroxyl groups excluding tert-OH is 1. The van der Waals surface area contributed by atoms with E-state index in [0.29, 0.717) is 29.2 Å². The van der Waals surface area contributed by atoms with Gasteiger partial charge in [0.15, 0.2) is 22.6 Å². The lowest BCUT2D eigenvalue weighted by atomic mass is 10.3. The average molecular weight is 193 g/mol. The summed E-state index contributed by atoms with van der Waals surface area (Å²) in [6.45, 7) is 2.23. The predicted molar refractivity (Wildman–Crippen MR) is 51.1 cm³/mol. The van der Waals surface area contributed by atoms with Crippen LogP contribution in [0, 0.1) is 0 Å². The Morgan fingerprint density at radius 1 is 1.57 bits per heavy atom. The molecule has 4 heteroatoms. The van der Waals surface area contributed by atoms with E-state index in [1.165, 1.54) is 0 Å². The lowest BCUT2D eigenvalue weighted by Gasteiger charge is -2.00. The molecule has 2 heterocycles. The molecule has 0 radical (unpaired) electrons. The summed E-state index contributed by atoms with van der Waals surface area (Å²) >= 11 is 0. The van der Waals surface area contributed by atoms with E-state index in [9.17, 15) is 0 Å². The molecule has 2 rings (SSSR count). The zero-order valence-electron chi connectivity index (χ0n) is 7.86. The summed E-state index contributed by atoms with van der Waals surface area (Å²) in [5.41, 5.74) is 1.30. The summed E-state index contributed by atoms with van der Waals surface area (Å²) in [5, 5.41) is 9.04. The number of hydrogen-bond donors (Lipinski definition) is 1. The molecular weight excluding hydrogens is 182 g/mol. The standard InChI is InChI=1S/C10H11NO3/c1-2-13-10-8(6-12)14-7-4-3-5-11-9(7)10/h3-5,12H,2,6H2,1H3. The number of hydrogen-bond acceptors (Lipinski definition) is 4. The number of rotatable bonds is 3. The van der Waals surface area contributed by atoms with Crippen LogP contribution in [0.1, 0.15) is 12.7 Å². The third-order valence-corrected chi connectivity index (χ3v) is 1.90. The molecule has 0 aliphatic rings. The van der Waals surface area contributed by atoms with E-state index in [-0.39, 0.29) is 6.61 Å². The van der Waals surface area contributed by atoms with Gasteiger partial charge in [-0.05, 0) is 19.1 Å². The Morgan fingerprint density at radius 3 is 3.14 bits per heavy atom. The van der Waals surface area contributed by atoms with Crippen LogP contribution in [0.5, 0.6) is 5.75 Å². The van der Waals surface area contributed by atoms with Crippen LogP contribution in [-0.2, 0) is 6.61 Å². The summed E-state index contributed by atoms with van der Waals surface area (Å²) < 4.78 is 10.7. The molecule has 0 saturated heterocycles. The average Bonchev–Trinajstić information content (AvgIpc) is 2.58. The molecule has 0 aromatic carbocycles. The van der Waals surface area contributed by atoms with Gasteiger partial charge < -0.3 is 14.3 Å². The molecule has 2 aromatic rings. The smallest absolute Gasteiger partial charge is 0.189 e. The summed E-state index contributed by atoms with van der Waals surface area (Å²) in [4.78, 5) is 4.14. The summed E-state index contributed by atoms with van der Waals surface area (Å²) in [6.07, 6.45) is 1.67. The van der Waals surface area contributed by atoms with E-state index in [1.807, 2.05) is 6.92 Å². The second-order valence-electron chi connectivity index (χ2n) is 2.80. The zero-order valence-corrected chi connectivity index (χ0v) is 7.86. The second kappa shape index (κ2) is 3.67. The van der Waals surface area contributed by atoms with Gasteiger partial charge >= 0.3 is 0 Å². The van der Waals surface area contributed by atoms with Gasteiger partial charge in [0, 0.05) is 6.20 Å². The minimum atomic E-state index is -0.175. The van der Waals surface area contributed by atoms with Crippen molar-refractivity contribution in [2.45, 2.75) is 13.5 Å². The van der Waals surface area contributed by atoms with Gasteiger partial charge in [0.05, 0.1) is 6.61 Å². The van der Waals surface area contributed by atoms with Gasteiger partial charge in [0.25, 0.3) is 0 Å². The second-order valence-corrected chi connectivity index (χ2v) is 2.80. The molecule has 74 valence electrons. The van der Waals surface area contributed by atoms with E-state index in [0.717, 1.165) is 0 Å². The Labute approximate surface area is 81.1 Å². The predicted octanol–water partition coefficient (Wildman–Crippen LogP) is 1.72. The number of aliphatic hydroxyl groups is 1. The maximum absolute atomic E-state index is 9.04. The number of furan rings is 1. The molecular formula is C10H11NO3. The third-order valence-electron chi connectivity index (χ3n) is 1.90. The fourth-order valence-electron chi connectivity index (χ4n) is 1.35. The molecule has 0 unspecified atom stereocenters. The number of fused-ring (bicyclic) bond motifs is 1. The maximum Gasteiger partial charge on any atom is 0.189 e.